The number of ether oxygens (including phenoxy) is 1. The first-order valence-corrected chi connectivity index (χ1v) is 6.32. The minimum Gasteiger partial charge on any atom is -0.492 e. The summed E-state index contributed by atoms with van der Waals surface area (Å²) < 4.78 is 6.82. The summed E-state index contributed by atoms with van der Waals surface area (Å²) in [5.74, 6) is -0.280. The van der Waals surface area contributed by atoms with Gasteiger partial charge in [0, 0.05) is 5.56 Å². The second-order valence-electron chi connectivity index (χ2n) is 4.65. The molecule has 3 aromatic rings. The molecule has 6 heteroatoms. The molecule has 21 heavy (non-hydrogen) atoms. The third kappa shape index (κ3) is 2.10. The first kappa shape index (κ1) is 13.1. The topological polar surface area (TPSA) is 82.5 Å². The molecule has 0 atom stereocenters. The van der Waals surface area contributed by atoms with Crippen LogP contribution in [-0.2, 0) is 0 Å². The quantitative estimate of drug-likeness (QED) is 0.790. The highest BCUT2D eigenvalue weighted by molar-refractivity contribution is 5.99. The van der Waals surface area contributed by atoms with Crippen LogP contribution in [0.3, 0.4) is 0 Å². The van der Waals surface area contributed by atoms with Crippen molar-refractivity contribution in [2.24, 2.45) is 5.73 Å². The highest BCUT2D eigenvalue weighted by atomic mass is 16.5. The maximum Gasteiger partial charge on any atom is 0.252 e. The molecule has 3 rings (SSSR count). The van der Waals surface area contributed by atoms with E-state index in [0.29, 0.717) is 17.1 Å². The van der Waals surface area contributed by atoms with Crippen LogP contribution in [0.5, 0.6) is 5.75 Å². The summed E-state index contributed by atoms with van der Waals surface area (Å²) in [5.41, 5.74) is 8.85. The van der Waals surface area contributed by atoms with Crippen LogP contribution in [0.4, 0.5) is 0 Å². The van der Waals surface area contributed by atoms with Gasteiger partial charge in [-0.25, -0.2) is 9.50 Å². The van der Waals surface area contributed by atoms with E-state index in [1.54, 1.807) is 10.6 Å². The van der Waals surface area contributed by atoms with Crippen LogP contribution in [0.25, 0.3) is 16.9 Å². The number of carbonyl (C=O) groups excluding carboxylic acids is 1. The van der Waals surface area contributed by atoms with Crippen LogP contribution in [-0.4, -0.2) is 27.6 Å². The third-order valence-corrected chi connectivity index (χ3v) is 3.28. The van der Waals surface area contributed by atoms with Gasteiger partial charge < -0.3 is 10.5 Å². The van der Waals surface area contributed by atoms with E-state index in [-0.39, 0.29) is 5.56 Å². The van der Waals surface area contributed by atoms with E-state index in [4.69, 9.17) is 10.5 Å². The Labute approximate surface area is 121 Å². The van der Waals surface area contributed by atoms with Crippen molar-refractivity contribution in [2.75, 3.05) is 7.11 Å². The minimum atomic E-state index is -0.578. The lowest BCUT2D eigenvalue weighted by Gasteiger charge is -2.11. The molecule has 2 N–H and O–H groups in total. The minimum absolute atomic E-state index is 0.266. The first-order valence-electron chi connectivity index (χ1n) is 6.32. The zero-order chi connectivity index (χ0) is 15.0. The Morgan fingerprint density at radius 3 is 2.67 bits per heavy atom. The molecule has 0 saturated carbocycles. The monoisotopic (exact) mass is 281 g/mol. The average molecular weight is 281 g/mol. The van der Waals surface area contributed by atoms with Crippen molar-refractivity contribution in [1.82, 2.24) is 14.6 Å². The van der Waals surface area contributed by atoms with Crippen LogP contribution >= 0.6 is 0 Å². The van der Waals surface area contributed by atoms with Crippen LogP contribution in [0.2, 0.25) is 0 Å². The van der Waals surface area contributed by atoms with Crippen LogP contribution < -0.4 is 10.5 Å². The summed E-state index contributed by atoms with van der Waals surface area (Å²) in [7, 11) is 1.46. The third-order valence-electron chi connectivity index (χ3n) is 3.28. The molecule has 0 aliphatic carbocycles. The lowest BCUT2D eigenvalue weighted by molar-refractivity contribution is 0.0997. The fourth-order valence-corrected chi connectivity index (χ4v) is 2.22. The Hall–Kier alpha value is -2.89. The van der Waals surface area contributed by atoms with Gasteiger partial charge in [-0.1, -0.05) is 29.8 Å². The lowest BCUT2D eigenvalue weighted by atomic mass is 10.1. The van der Waals surface area contributed by atoms with Crippen LogP contribution in [0.15, 0.2) is 30.3 Å². The van der Waals surface area contributed by atoms with Gasteiger partial charge in [-0.3, -0.25) is 4.79 Å². The van der Waals surface area contributed by atoms with Gasteiger partial charge in [0.25, 0.3) is 5.91 Å². The normalized spacial score (nSPS) is 10.8. The maximum atomic E-state index is 11.7. The van der Waals surface area contributed by atoms with Gasteiger partial charge in [0.05, 0.1) is 18.4 Å². The lowest BCUT2D eigenvalue weighted by Crippen LogP contribution is -2.14. The van der Waals surface area contributed by atoms with Gasteiger partial charge in [0.2, 0.25) is 6.33 Å². The van der Waals surface area contributed by atoms with Crippen LogP contribution in [0.1, 0.15) is 15.9 Å². The molecule has 0 aliphatic rings. The molecule has 105 valence electrons. The molecule has 1 amide bonds. The number of hydrogen-bond donors (Lipinski definition) is 1. The largest absolute Gasteiger partial charge is 0.492 e. The summed E-state index contributed by atoms with van der Waals surface area (Å²) >= 11 is 0. The number of benzene rings is 1. The van der Waals surface area contributed by atoms with E-state index in [1.165, 1.54) is 7.11 Å². The zero-order valence-corrected chi connectivity index (χ0v) is 11.6. The summed E-state index contributed by atoms with van der Waals surface area (Å²) in [5, 5.41) is 4.07. The predicted molar refractivity (Wildman–Crippen MR) is 77.1 cm³/mol. The van der Waals surface area contributed by atoms with Crippen LogP contribution in [0, 0.1) is 13.3 Å². The van der Waals surface area contributed by atoms with Crippen molar-refractivity contribution in [3.8, 4) is 17.0 Å². The Morgan fingerprint density at radius 1 is 1.33 bits per heavy atom. The maximum absolute atomic E-state index is 11.7. The predicted octanol–water partition coefficient (Wildman–Crippen LogP) is 1.61. The molecule has 2 heterocycles. The Kier molecular flexibility index (Phi) is 3.06. The highest BCUT2D eigenvalue weighted by Gasteiger charge is 2.19. The molecule has 1 aromatic carbocycles. The number of rotatable bonds is 3. The summed E-state index contributed by atoms with van der Waals surface area (Å²) in [6.45, 7) is 2.01. The fraction of sp³-hybridized carbons (Fsp3) is 0.133. The molecule has 1 radical (unpaired) electrons. The van der Waals surface area contributed by atoms with Gasteiger partial charge in [0.15, 0.2) is 11.4 Å². The van der Waals surface area contributed by atoms with Gasteiger partial charge in [-0.15, -0.1) is 5.10 Å². The molecule has 0 spiro atoms. The number of primary amides is 1. The van der Waals surface area contributed by atoms with Crippen molar-refractivity contribution in [3.63, 3.8) is 0 Å². The van der Waals surface area contributed by atoms with Gasteiger partial charge in [-0.2, -0.15) is 0 Å². The molecule has 2 aromatic heterocycles. The van der Waals surface area contributed by atoms with Gasteiger partial charge >= 0.3 is 0 Å². The number of aryl methyl sites for hydroxylation is 1. The zero-order valence-electron chi connectivity index (χ0n) is 11.6. The van der Waals surface area contributed by atoms with Gasteiger partial charge in [0.1, 0.15) is 0 Å². The number of hydrogen-bond acceptors (Lipinski definition) is 4. The van der Waals surface area contributed by atoms with E-state index in [9.17, 15) is 4.79 Å². The summed E-state index contributed by atoms with van der Waals surface area (Å²) in [6.07, 6.45) is 2.53. The van der Waals surface area contributed by atoms with Crippen molar-refractivity contribution < 1.29 is 9.53 Å². The van der Waals surface area contributed by atoms with E-state index in [2.05, 4.69) is 16.4 Å². The highest BCUT2D eigenvalue weighted by Crippen LogP contribution is 2.29. The van der Waals surface area contributed by atoms with Crippen molar-refractivity contribution in [3.05, 3.63) is 47.8 Å². The van der Waals surface area contributed by atoms with E-state index in [1.807, 2.05) is 31.2 Å². The number of carbonyl (C=O) groups is 1. The van der Waals surface area contributed by atoms with Crippen molar-refractivity contribution >= 4 is 11.6 Å². The number of fused-ring (bicyclic) bond motifs is 1. The number of methoxy groups -OCH3 is 1. The second kappa shape index (κ2) is 4.90. The molecule has 0 bridgehead atoms. The fourth-order valence-electron chi connectivity index (χ4n) is 2.22. The number of pyridine rings is 1. The molecule has 6 nitrogen and oxygen atoms in total. The number of nitrogens with zero attached hydrogens (tertiary/aromatic N) is 3. The Balaban J connectivity index is 2.35. The number of aromatic nitrogens is 3. The second-order valence-corrected chi connectivity index (χ2v) is 4.65. The average Bonchev–Trinajstić information content (AvgIpc) is 2.95. The van der Waals surface area contributed by atoms with Crippen molar-refractivity contribution in [2.45, 2.75) is 6.92 Å². The smallest absolute Gasteiger partial charge is 0.252 e. The van der Waals surface area contributed by atoms with E-state index >= 15 is 0 Å². The Bertz CT molecular complexity index is 822. The van der Waals surface area contributed by atoms with E-state index in [0.717, 1.165) is 11.1 Å². The molecule has 0 aliphatic heterocycles. The SMILES string of the molecule is COc1c(C(N)=O)cc(-c2ccc(C)cc2)n2n[c]nc12. The Morgan fingerprint density at radius 2 is 2.05 bits per heavy atom. The molecular weight excluding hydrogens is 268 g/mol. The number of amides is 1. The first-order chi connectivity index (χ1) is 10.1. The summed E-state index contributed by atoms with van der Waals surface area (Å²) in [6, 6.07) is 9.51. The standard InChI is InChI=1S/C15H13N4O2/c1-9-3-5-10(6-4-9)12-7-11(14(16)20)13(21-2)15-17-8-18-19(12)15/h3-7H,1-2H3,(H2,16,20). The summed E-state index contributed by atoms with van der Waals surface area (Å²) in [4.78, 5) is 15.7. The molecular formula is C15H13N4O2. The van der Waals surface area contributed by atoms with E-state index < -0.39 is 5.91 Å². The molecule has 0 saturated heterocycles. The number of nitrogens with two attached hydrogens (primary N) is 1. The molecule has 0 fully saturated rings. The van der Waals surface area contributed by atoms with Gasteiger partial charge in [-0.05, 0) is 13.0 Å². The van der Waals surface area contributed by atoms with Crippen molar-refractivity contribution in [1.29, 1.82) is 0 Å². The molecule has 0 unspecified atom stereocenters.